The van der Waals surface area contributed by atoms with Crippen molar-refractivity contribution in [3.05, 3.63) is 23.9 Å². The minimum Gasteiger partial charge on any atom is -0.389 e. The van der Waals surface area contributed by atoms with Crippen molar-refractivity contribution in [3.63, 3.8) is 0 Å². The maximum atomic E-state index is 12.6. The standard InChI is InChI=1S/C17H22F3N3O3/c18-17(19,20)13-1-2-15(21-9-13)22-5-3-12(4-6-22)16(25)23-7-8-26-11-14(24)10-23/h1-2,9,12,14,24H,3-8,10-11H2/t14-/m0/s1. The summed E-state index contributed by atoms with van der Waals surface area (Å²) >= 11 is 0. The summed E-state index contributed by atoms with van der Waals surface area (Å²) in [4.78, 5) is 20.1. The van der Waals surface area contributed by atoms with Gasteiger partial charge in [-0.05, 0) is 25.0 Å². The van der Waals surface area contributed by atoms with Crippen LogP contribution in [-0.4, -0.2) is 66.4 Å². The molecule has 0 radical (unpaired) electrons. The number of aliphatic hydroxyl groups is 1. The Labute approximate surface area is 149 Å². The Morgan fingerprint density at radius 2 is 1.96 bits per heavy atom. The van der Waals surface area contributed by atoms with Gasteiger partial charge in [-0.1, -0.05) is 0 Å². The number of rotatable bonds is 2. The summed E-state index contributed by atoms with van der Waals surface area (Å²) in [6.07, 6.45) is -3.01. The van der Waals surface area contributed by atoms with Gasteiger partial charge in [0.15, 0.2) is 0 Å². The monoisotopic (exact) mass is 373 g/mol. The van der Waals surface area contributed by atoms with E-state index in [1.165, 1.54) is 6.07 Å². The molecule has 0 spiro atoms. The quantitative estimate of drug-likeness (QED) is 0.852. The number of ether oxygens (including phenoxy) is 1. The first-order valence-corrected chi connectivity index (χ1v) is 8.67. The lowest BCUT2D eigenvalue weighted by atomic mass is 9.95. The average molecular weight is 373 g/mol. The number of halogens is 3. The lowest BCUT2D eigenvalue weighted by Gasteiger charge is -2.34. The molecule has 2 saturated heterocycles. The number of pyridine rings is 1. The summed E-state index contributed by atoms with van der Waals surface area (Å²) in [5.74, 6) is 0.350. The van der Waals surface area contributed by atoms with E-state index in [9.17, 15) is 23.1 Å². The first-order chi connectivity index (χ1) is 12.3. The van der Waals surface area contributed by atoms with Crippen LogP contribution in [0.3, 0.4) is 0 Å². The van der Waals surface area contributed by atoms with Crippen LogP contribution in [0.4, 0.5) is 19.0 Å². The minimum absolute atomic E-state index is 0.00887. The van der Waals surface area contributed by atoms with Crippen molar-refractivity contribution in [1.29, 1.82) is 0 Å². The molecule has 3 rings (SSSR count). The topological polar surface area (TPSA) is 65.9 Å². The highest BCUT2D eigenvalue weighted by Crippen LogP contribution is 2.30. The Bertz CT molecular complexity index is 616. The Balaban J connectivity index is 1.56. The predicted octanol–water partition coefficient (Wildman–Crippen LogP) is 1.54. The van der Waals surface area contributed by atoms with Gasteiger partial charge in [0.05, 0.1) is 24.9 Å². The van der Waals surface area contributed by atoms with Crippen LogP contribution in [0.25, 0.3) is 0 Å². The van der Waals surface area contributed by atoms with Crippen LogP contribution in [0.5, 0.6) is 0 Å². The highest BCUT2D eigenvalue weighted by atomic mass is 19.4. The highest BCUT2D eigenvalue weighted by Gasteiger charge is 2.32. The molecule has 26 heavy (non-hydrogen) atoms. The Morgan fingerprint density at radius 1 is 1.23 bits per heavy atom. The normalized spacial score (nSPS) is 23.0. The largest absolute Gasteiger partial charge is 0.417 e. The van der Waals surface area contributed by atoms with Crippen molar-refractivity contribution in [3.8, 4) is 0 Å². The molecule has 0 unspecified atom stereocenters. The van der Waals surface area contributed by atoms with Gasteiger partial charge in [0.2, 0.25) is 5.91 Å². The van der Waals surface area contributed by atoms with Crippen LogP contribution in [0.15, 0.2) is 18.3 Å². The minimum atomic E-state index is -4.40. The second kappa shape index (κ2) is 7.79. The molecule has 6 nitrogen and oxygen atoms in total. The molecule has 1 aromatic heterocycles. The summed E-state index contributed by atoms with van der Waals surface area (Å²) in [5.41, 5.74) is -0.770. The lowest BCUT2D eigenvalue weighted by Crippen LogP contribution is -2.45. The number of amides is 1. The number of β-amino-alcohol motifs (C(OH)–C–C–N with tert-alkyl or cyclic N) is 1. The van der Waals surface area contributed by atoms with Crippen molar-refractivity contribution in [2.75, 3.05) is 44.3 Å². The second-order valence-electron chi connectivity index (χ2n) is 6.68. The van der Waals surface area contributed by atoms with Crippen LogP contribution < -0.4 is 4.90 Å². The average Bonchev–Trinajstić information content (AvgIpc) is 2.85. The van der Waals surface area contributed by atoms with Gasteiger partial charge >= 0.3 is 6.18 Å². The molecule has 2 aliphatic rings. The third-order valence-electron chi connectivity index (χ3n) is 4.80. The van der Waals surface area contributed by atoms with Gasteiger partial charge in [0.25, 0.3) is 0 Å². The third kappa shape index (κ3) is 4.45. The molecule has 1 atom stereocenters. The molecular formula is C17H22F3N3O3. The van der Waals surface area contributed by atoms with E-state index in [1.54, 1.807) is 4.90 Å². The fourth-order valence-corrected chi connectivity index (χ4v) is 3.35. The first kappa shape index (κ1) is 18.9. The molecule has 144 valence electrons. The fraction of sp³-hybridized carbons (Fsp3) is 0.647. The zero-order valence-electron chi connectivity index (χ0n) is 14.3. The maximum Gasteiger partial charge on any atom is 0.417 e. The number of alkyl halides is 3. The van der Waals surface area contributed by atoms with E-state index in [1.807, 2.05) is 4.90 Å². The van der Waals surface area contributed by atoms with E-state index in [0.29, 0.717) is 44.9 Å². The Hall–Kier alpha value is -1.87. The van der Waals surface area contributed by atoms with Gasteiger partial charge in [-0.15, -0.1) is 0 Å². The van der Waals surface area contributed by atoms with E-state index in [4.69, 9.17) is 4.74 Å². The van der Waals surface area contributed by atoms with Gasteiger partial charge in [-0.2, -0.15) is 13.2 Å². The summed E-state index contributed by atoms with van der Waals surface area (Å²) in [6, 6.07) is 2.39. The predicted molar refractivity (Wildman–Crippen MR) is 87.6 cm³/mol. The van der Waals surface area contributed by atoms with Crippen LogP contribution in [0.1, 0.15) is 18.4 Å². The summed E-state index contributed by atoms with van der Waals surface area (Å²) in [5, 5.41) is 9.76. The number of aromatic nitrogens is 1. The molecule has 1 amide bonds. The number of aliphatic hydroxyl groups excluding tert-OH is 1. The van der Waals surface area contributed by atoms with Crippen molar-refractivity contribution in [1.82, 2.24) is 9.88 Å². The molecule has 9 heteroatoms. The Morgan fingerprint density at radius 3 is 2.58 bits per heavy atom. The van der Waals surface area contributed by atoms with Crippen molar-refractivity contribution in [2.45, 2.75) is 25.1 Å². The summed E-state index contributed by atoms with van der Waals surface area (Å²) < 4.78 is 43.1. The highest BCUT2D eigenvalue weighted by molar-refractivity contribution is 5.79. The van der Waals surface area contributed by atoms with Crippen molar-refractivity contribution < 1.29 is 27.8 Å². The number of carbonyl (C=O) groups is 1. The first-order valence-electron chi connectivity index (χ1n) is 8.67. The molecule has 3 heterocycles. The lowest BCUT2D eigenvalue weighted by molar-refractivity contribution is -0.138. The van der Waals surface area contributed by atoms with Crippen LogP contribution in [-0.2, 0) is 15.7 Å². The molecule has 0 aliphatic carbocycles. The zero-order chi connectivity index (χ0) is 18.7. The van der Waals surface area contributed by atoms with Gasteiger partial charge in [-0.25, -0.2) is 4.98 Å². The fourth-order valence-electron chi connectivity index (χ4n) is 3.35. The van der Waals surface area contributed by atoms with Crippen LogP contribution in [0, 0.1) is 5.92 Å². The molecule has 0 bridgehead atoms. The van der Waals surface area contributed by atoms with E-state index in [2.05, 4.69) is 4.98 Å². The van der Waals surface area contributed by atoms with Gasteiger partial charge in [-0.3, -0.25) is 4.79 Å². The maximum absolute atomic E-state index is 12.6. The molecule has 2 fully saturated rings. The summed E-state index contributed by atoms with van der Waals surface area (Å²) in [7, 11) is 0. The molecule has 2 aliphatic heterocycles. The molecule has 0 saturated carbocycles. The van der Waals surface area contributed by atoms with Gasteiger partial charge < -0.3 is 19.6 Å². The third-order valence-corrected chi connectivity index (χ3v) is 4.80. The number of hydrogen-bond donors (Lipinski definition) is 1. The van der Waals surface area contributed by atoms with Crippen molar-refractivity contribution >= 4 is 11.7 Å². The van der Waals surface area contributed by atoms with Crippen LogP contribution in [0.2, 0.25) is 0 Å². The van der Waals surface area contributed by atoms with E-state index >= 15 is 0 Å². The van der Waals surface area contributed by atoms with E-state index in [-0.39, 0.29) is 25.0 Å². The molecule has 1 N–H and O–H groups in total. The molecular weight excluding hydrogens is 351 g/mol. The van der Waals surface area contributed by atoms with Crippen LogP contribution >= 0.6 is 0 Å². The number of anilines is 1. The molecule has 0 aromatic carbocycles. The second-order valence-corrected chi connectivity index (χ2v) is 6.68. The van der Waals surface area contributed by atoms with Gasteiger partial charge in [0, 0.05) is 38.3 Å². The number of nitrogens with zero attached hydrogens (tertiary/aromatic N) is 3. The number of hydrogen-bond acceptors (Lipinski definition) is 5. The zero-order valence-corrected chi connectivity index (χ0v) is 14.3. The number of piperidine rings is 1. The summed E-state index contributed by atoms with van der Waals surface area (Å²) in [6.45, 7) is 2.51. The smallest absolute Gasteiger partial charge is 0.389 e. The van der Waals surface area contributed by atoms with E-state index < -0.39 is 17.8 Å². The van der Waals surface area contributed by atoms with Crippen molar-refractivity contribution in [2.24, 2.45) is 5.92 Å². The Kier molecular flexibility index (Phi) is 5.67. The number of carbonyl (C=O) groups excluding carboxylic acids is 1. The van der Waals surface area contributed by atoms with Gasteiger partial charge in [0.1, 0.15) is 5.82 Å². The SMILES string of the molecule is O=C(C1CCN(c2ccc(C(F)(F)F)cn2)CC1)N1CCOC[C@@H](O)C1. The van der Waals surface area contributed by atoms with E-state index in [0.717, 1.165) is 12.3 Å². The molecule has 1 aromatic rings.